The summed E-state index contributed by atoms with van der Waals surface area (Å²) in [5, 5.41) is 1.74. The van der Waals surface area contributed by atoms with Crippen molar-refractivity contribution >= 4 is 21.4 Å². The fourth-order valence-corrected chi connectivity index (χ4v) is 4.35. The first kappa shape index (κ1) is 14.4. The summed E-state index contributed by atoms with van der Waals surface area (Å²) in [5.41, 5.74) is 0.833. The molecule has 0 aliphatic carbocycles. The van der Waals surface area contributed by atoms with Crippen LogP contribution in [0.15, 0.2) is 39.9 Å². The first-order valence-electron chi connectivity index (χ1n) is 6.52. The Labute approximate surface area is 127 Å². The topological polar surface area (TPSA) is 64.6 Å². The normalized spacial score (nSPS) is 15.7. The molecule has 3 rings (SSSR count). The molecule has 1 aliphatic heterocycles. The molecule has 0 amide bonds. The molecule has 1 aromatic heterocycles. The first-order valence-corrected chi connectivity index (χ1v) is 8.88. The van der Waals surface area contributed by atoms with Gasteiger partial charge in [-0.15, -0.1) is 11.3 Å². The summed E-state index contributed by atoms with van der Waals surface area (Å²) in [4.78, 5) is 0. The van der Waals surface area contributed by atoms with Crippen molar-refractivity contribution in [3.05, 3.63) is 41.3 Å². The molecule has 1 N–H and O–H groups in total. The number of hydrogen-bond donors (Lipinski definition) is 1. The van der Waals surface area contributed by atoms with Crippen molar-refractivity contribution in [1.82, 2.24) is 4.72 Å². The number of sulfonamides is 1. The van der Waals surface area contributed by atoms with Gasteiger partial charge in [-0.25, -0.2) is 13.1 Å². The van der Waals surface area contributed by atoms with Gasteiger partial charge in [0.1, 0.15) is 17.4 Å². The van der Waals surface area contributed by atoms with Crippen molar-refractivity contribution in [2.24, 2.45) is 0 Å². The summed E-state index contributed by atoms with van der Waals surface area (Å²) < 4.78 is 38.4. The number of thiophene rings is 1. The van der Waals surface area contributed by atoms with Crippen LogP contribution < -0.4 is 14.2 Å². The highest BCUT2D eigenvalue weighted by Gasteiger charge is 2.21. The van der Waals surface area contributed by atoms with Crippen molar-refractivity contribution in [2.75, 3.05) is 13.2 Å². The van der Waals surface area contributed by atoms with E-state index in [0.717, 1.165) is 5.56 Å². The van der Waals surface area contributed by atoms with Gasteiger partial charge in [-0.05, 0) is 36.1 Å². The highest BCUT2D eigenvalue weighted by atomic mass is 32.2. The van der Waals surface area contributed by atoms with Crippen LogP contribution in [0.3, 0.4) is 0 Å². The highest BCUT2D eigenvalue weighted by molar-refractivity contribution is 7.91. The Morgan fingerprint density at radius 2 is 1.95 bits per heavy atom. The monoisotopic (exact) mass is 325 g/mol. The Morgan fingerprint density at radius 3 is 2.67 bits per heavy atom. The predicted molar refractivity (Wildman–Crippen MR) is 80.5 cm³/mol. The van der Waals surface area contributed by atoms with Crippen LogP contribution in [0, 0.1) is 0 Å². The molecule has 0 fully saturated rings. The van der Waals surface area contributed by atoms with Crippen molar-refractivity contribution in [2.45, 2.75) is 17.2 Å². The summed E-state index contributed by atoms with van der Waals surface area (Å²) in [7, 11) is -3.49. The minimum Gasteiger partial charge on any atom is -0.486 e. The largest absolute Gasteiger partial charge is 0.486 e. The summed E-state index contributed by atoms with van der Waals surface area (Å²) in [6.45, 7) is 2.84. The van der Waals surface area contributed by atoms with Gasteiger partial charge in [0.2, 0.25) is 0 Å². The van der Waals surface area contributed by atoms with Crippen LogP contribution in [0.25, 0.3) is 0 Å². The maximum Gasteiger partial charge on any atom is 0.250 e. The summed E-state index contributed by atoms with van der Waals surface area (Å²) in [6, 6.07) is 8.41. The molecule has 0 unspecified atom stereocenters. The van der Waals surface area contributed by atoms with Crippen LogP contribution in [0.4, 0.5) is 0 Å². The second-order valence-electron chi connectivity index (χ2n) is 4.68. The van der Waals surface area contributed by atoms with Gasteiger partial charge in [0.15, 0.2) is 11.5 Å². The third-order valence-corrected chi connectivity index (χ3v) is 6.10. The van der Waals surface area contributed by atoms with E-state index in [1.807, 2.05) is 12.1 Å². The summed E-state index contributed by atoms with van der Waals surface area (Å²) in [5.74, 6) is 1.35. The van der Waals surface area contributed by atoms with Crippen LogP contribution in [-0.4, -0.2) is 21.6 Å². The van der Waals surface area contributed by atoms with Crippen molar-refractivity contribution in [3.8, 4) is 11.5 Å². The molecule has 2 aromatic rings. The van der Waals surface area contributed by atoms with Crippen molar-refractivity contribution in [3.63, 3.8) is 0 Å². The van der Waals surface area contributed by atoms with Crippen LogP contribution in [-0.2, 0) is 10.0 Å². The summed E-state index contributed by atoms with van der Waals surface area (Å²) >= 11 is 1.19. The van der Waals surface area contributed by atoms with Gasteiger partial charge in [-0.1, -0.05) is 12.1 Å². The third-order valence-electron chi connectivity index (χ3n) is 3.16. The van der Waals surface area contributed by atoms with Gasteiger partial charge in [0.25, 0.3) is 10.0 Å². The molecular weight excluding hydrogens is 310 g/mol. The Bertz CT molecular complexity index is 725. The lowest BCUT2D eigenvalue weighted by molar-refractivity contribution is 0.171. The fourth-order valence-electron chi connectivity index (χ4n) is 2.10. The van der Waals surface area contributed by atoms with Crippen LogP contribution in [0.5, 0.6) is 11.5 Å². The van der Waals surface area contributed by atoms with Gasteiger partial charge in [-0.2, -0.15) is 0 Å². The van der Waals surface area contributed by atoms with E-state index in [1.54, 1.807) is 30.5 Å². The zero-order chi connectivity index (χ0) is 14.9. The molecule has 112 valence electrons. The van der Waals surface area contributed by atoms with E-state index in [2.05, 4.69) is 4.72 Å². The lowest BCUT2D eigenvalue weighted by Gasteiger charge is -2.21. The van der Waals surface area contributed by atoms with Gasteiger partial charge < -0.3 is 9.47 Å². The zero-order valence-corrected chi connectivity index (χ0v) is 13.0. The Hall–Kier alpha value is -1.57. The lowest BCUT2D eigenvalue weighted by atomic mass is 10.1. The highest BCUT2D eigenvalue weighted by Crippen LogP contribution is 2.33. The summed E-state index contributed by atoms with van der Waals surface area (Å²) in [6.07, 6.45) is 0. The molecule has 21 heavy (non-hydrogen) atoms. The average Bonchev–Trinajstić information content (AvgIpc) is 3.01. The fraction of sp³-hybridized carbons (Fsp3) is 0.286. The van der Waals surface area contributed by atoms with E-state index in [0.29, 0.717) is 28.9 Å². The molecule has 1 aromatic carbocycles. The number of nitrogens with one attached hydrogen (secondary N) is 1. The molecule has 0 saturated heterocycles. The molecule has 2 heterocycles. The number of rotatable bonds is 4. The van der Waals surface area contributed by atoms with E-state index in [-0.39, 0.29) is 6.04 Å². The molecule has 1 atom stereocenters. The molecule has 5 nitrogen and oxygen atoms in total. The third kappa shape index (κ3) is 3.04. The smallest absolute Gasteiger partial charge is 0.250 e. The number of hydrogen-bond acceptors (Lipinski definition) is 5. The predicted octanol–water partition coefficient (Wildman–Crippen LogP) is 2.56. The molecule has 0 spiro atoms. The lowest BCUT2D eigenvalue weighted by Crippen LogP contribution is -2.26. The molecule has 1 aliphatic rings. The average molecular weight is 325 g/mol. The van der Waals surface area contributed by atoms with E-state index < -0.39 is 10.0 Å². The van der Waals surface area contributed by atoms with E-state index in [9.17, 15) is 8.42 Å². The molecule has 0 bridgehead atoms. The molecule has 7 heteroatoms. The van der Waals surface area contributed by atoms with E-state index in [4.69, 9.17) is 9.47 Å². The zero-order valence-electron chi connectivity index (χ0n) is 11.4. The quantitative estimate of drug-likeness (QED) is 0.938. The number of fused-ring (bicyclic) bond motifs is 1. The standard InChI is InChI=1S/C14H15NO4S2/c1-10(15-21(16,17)14-3-2-8-20-14)11-4-5-12-13(9-11)19-7-6-18-12/h2-5,8-10,15H,6-7H2,1H3/t10-/m0/s1. The Kier molecular flexibility index (Phi) is 3.88. The minimum atomic E-state index is -3.49. The van der Waals surface area contributed by atoms with Gasteiger partial charge >= 0.3 is 0 Å². The molecule has 0 radical (unpaired) electrons. The maximum absolute atomic E-state index is 12.2. The Morgan fingerprint density at radius 1 is 1.19 bits per heavy atom. The minimum absolute atomic E-state index is 0.312. The van der Waals surface area contributed by atoms with Crippen LogP contribution in [0.1, 0.15) is 18.5 Å². The molecule has 0 saturated carbocycles. The van der Waals surface area contributed by atoms with Gasteiger partial charge in [0.05, 0.1) is 0 Å². The SMILES string of the molecule is C[C@H](NS(=O)(=O)c1cccs1)c1ccc2c(c1)OCCO2. The van der Waals surface area contributed by atoms with Crippen LogP contribution in [0.2, 0.25) is 0 Å². The second kappa shape index (κ2) is 5.67. The van der Waals surface area contributed by atoms with Crippen molar-refractivity contribution < 1.29 is 17.9 Å². The maximum atomic E-state index is 12.2. The second-order valence-corrected chi connectivity index (χ2v) is 7.57. The molecular formula is C14H15NO4S2. The van der Waals surface area contributed by atoms with Crippen LogP contribution >= 0.6 is 11.3 Å². The van der Waals surface area contributed by atoms with E-state index >= 15 is 0 Å². The van der Waals surface area contributed by atoms with Gasteiger partial charge in [-0.3, -0.25) is 0 Å². The van der Waals surface area contributed by atoms with Gasteiger partial charge in [0, 0.05) is 6.04 Å². The first-order chi connectivity index (χ1) is 10.1. The van der Waals surface area contributed by atoms with Crippen molar-refractivity contribution in [1.29, 1.82) is 0 Å². The number of ether oxygens (including phenoxy) is 2. The number of benzene rings is 1. The van der Waals surface area contributed by atoms with E-state index in [1.165, 1.54) is 11.3 Å². The Balaban J connectivity index is 1.81.